The van der Waals surface area contributed by atoms with E-state index in [2.05, 4.69) is 4.98 Å². The van der Waals surface area contributed by atoms with E-state index in [4.69, 9.17) is 5.11 Å². The van der Waals surface area contributed by atoms with Crippen molar-refractivity contribution in [2.75, 3.05) is 13.6 Å². The van der Waals surface area contributed by atoms with Crippen LogP contribution in [0.15, 0.2) is 4.79 Å². The van der Waals surface area contributed by atoms with Gasteiger partial charge in [-0.05, 0) is 31.5 Å². The Labute approximate surface area is 92.7 Å². The predicted octanol–water partition coefficient (Wildman–Crippen LogP) is 0.369. The number of aromatic nitrogens is 1. The summed E-state index contributed by atoms with van der Waals surface area (Å²) in [5.41, 5.74) is 1.84. The quantitative estimate of drug-likeness (QED) is 0.720. The van der Waals surface area contributed by atoms with Gasteiger partial charge in [0.25, 0.3) is 5.56 Å². The molecule has 86 valence electrons. The second kappa shape index (κ2) is 3.75. The number of likely N-dealkylation sites (N-methyl/N-ethyl adjacent to an activating group) is 1. The first-order valence-electron chi connectivity index (χ1n) is 5.17. The fourth-order valence-corrected chi connectivity index (χ4v) is 2.21. The molecule has 1 aromatic heterocycles. The lowest BCUT2D eigenvalue weighted by molar-refractivity contribution is 0.0692. The van der Waals surface area contributed by atoms with Crippen LogP contribution in [0.4, 0.5) is 0 Å². The molecule has 0 aliphatic carbocycles. The molecule has 5 nitrogen and oxygen atoms in total. The molecule has 5 heteroatoms. The SMILES string of the molecule is Cc1[nH]c(=O)c(C(=O)O)c2c1CCN(C)C2. The second-order valence-electron chi connectivity index (χ2n) is 4.20. The van der Waals surface area contributed by atoms with Gasteiger partial charge in [-0.3, -0.25) is 4.79 Å². The van der Waals surface area contributed by atoms with Crippen LogP contribution in [-0.4, -0.2) is 34.6 Å². The molecular weight excluding hydrogens is 208 g/mol. The number of carbonyl (C=O) groups is 1. The van der Waals surface area contributed by atoms with Gasteiger partial charge in [0.2, 0.25) is 0 Å². The Morgan fingerprint density at radius 3 is 2.75 bits per heavy atom. The molecule has 0 atom stereocenters. The van der Waals surface area contributed by atoms with Gasteiger partial charge in [-0.1, -0.05) is 0 Å². The average Bonchev–Trinajstić information content (AvgIpc) is 2.15. The van der Waals surface area contributed by atoms with Crippen molar-refractivity contribution in [3.05, 3.63) is 32.7 Å². The minimum Gasteiger partial charge on any atom is -0.477 e. The van der Waals surface area contributed by atoms with E-state index in [1.54, 1.807) is 0 Å². The molecule has 0 spiro atoms. The molecule has 0 aromatic carbocycles. The third-order valence-electron chi connectivity index (χ3n) is 3.03. The van der Waals surface area contributed by atoms with Gasteiger partial charge < -0.3 is 15.0 Å². The van der Waals surface area contributed by atoms with Gasteiger partial charge >= 0.3 is 5.97 Å². The van der Waals surface area contributed by atoms with E-state index < -0.39 is 11.5 Å². The molecule has 2 heterocycles. The molecule has 0 amide bonds. The van der Waals surface area contributed by atoms with Crippen LogP contribution in [0.1, 0.15) is 27.2 Å². The number of rotatable bonds is 1. The summed E-state index contributed by atoms with van der Waals surface area (Å²) in [6, 6.07) is 0. The third kappa shape index (κ3) is 1.63. The van der Waals surface area contributed by atoms with Gasteiger partial charge in [0.15, 0.2) is 0 Å². The third-order valence-corrected chi connectivity index (χ3v) is 3.03. The molecule has 0 saturated carbocycles. The highest BCUT2D eigenvalue weighted by molar-refractivity contribution is 5.89. The molecule has 2 N–H and O–H groups in total. The first kappa shape index (κ1) is 10.9. The predicted molar refractivity (Wildman–Crippen MR) is 58.8 cm³/mol. The Morgan fingerprint density at radius 2 is 2.12 bits per heavy atom. The van der Waals surface area contributed by atoms with Crippen LogP contribution in [0.2, 0.25) is 0 Å². The lowest BCUT2D eigenvalue weighted by Crippen LogP contribution is -2.33. The second-order valence-corrected chi connectivity index (χ2v) is 4.20. The first-order chi connectivity index (χ1) is 7.50. The van der Waals surface area contributed by atoms with Gasteiger partial charge in [-0.2, -0.15) is 0 Å². The summed E-state index contributed by atoms with van der Waals surface area (Å²) in [5.74, 6) is -1.15. The fraction of sp³-hybridized carbons (Fsp3) is 0.455. The van der Waals surface area contributed by atoms with E-state index in [1.165, 1.54) is 0 Å². The normalized spacial score (nSPS) is 15.9. The number of fused-ring (bicyclic) bond motifs is 1. The molecule has 0 unspecified atom stereocenters. The maximum atomic E-state index is 11.6. The average molecular weight is 222 g/mol. The van der Waals surface area contributed by atoms with Crippen molar-refractivity contribution in [3.8, 4) is 0 Å². The number of aryl methyl sites for hydroxylation is 1. The molecule has 1 aromatic rings. The molecule has 0 bridgehead atoms. The van der Waals surface area contributed by atoms with Gasteiger partial charge in [-0.25, -0.2) is 4.79 Å². The van der Waals surface area contributed by atoms with Crippen LogP contribution in [0.3, 0.4) is 0 Å². The van der Waals surface area contributed by atoms with E-state index in [0.29, 0.717) is 12.1 Å². The maximum Gasteiger partial charge on any atom is 0.341 e. The standard InChI is InChI=1S/C11H14N2O3/c1-6-7-3-4-13(2)5-8(7)9(11(15)16)10(14)12-6/h3-5H2,1-2H3,(H,12,14)(H,15,16). The molecular formula is C11H14N2O3. The van der Waals surface area contributed by atoms with Gasteiger partial charge in [0.1, 0.15) is 5.56 Å². The first-order valence-corrected chi connectivity index (χ1v) is 5.17. The maximum absolute atomic E-state index is 11.6. The highest BCUT2D eigenvalue weighted by Crippen LogP contribution is 2.21. The highest BCUT2D eigenvalue weighted by atomic mass is 16.4. The number of nitrogens with zero attached hydrogens (tertiary/aromatic N) is 1. The van der Waals surface area contributed by atoms with Crippen LogP contribution < -0.4 is 5.56 Å². The fourth-order valence-electron chi connectivity index (χ4n) is 2.21. The Bertz CT molecular complexity index is 505. The summed E-state index contributed by atoms with van der Waals surface area (Å²) in [7, 11) is 1.92. The van der Waals surface area contributed by atoms with E-state index >= 15 is 0 Å². The molecule has 1 aliphatic rings. The smallest absolute Gasteiger partial charge is 0.341 e. The zero-order valence-corrected chi connectivity index (χ0v) is 9.33. The topological polar surface area (TPSA) is 73.4 Å². The summed E-state index contributed by atoms with van der Waals surface area (Å²) >= 11 is 0. The minimum absolute atomic E-state index is 0.104. The zero-order valence-electron chi connectivity index (χ0n) is 9.33. The number of aromatic amines is 1. The lowest BCUT2D eigenvalue weighted by Gasteiger charge is -2.26. The van der Waals surface area contributed by atoms with Crippen LogP contribution >= 0.6 is 0 Å². The van der Waals surface area contributed by atoms with Crippen molar-refractivity contribution in [2.24, 2.45) is 0 Å². The van der Waals surface area contributed by atoms with Gasteiger partial charge in [0, 0.05) is 18.8 Å². The van der Waals surface area contributed by atoms with Crippen LogP contribution in [0, 0.1) is 6.92 Å². The summed E-state index contributed by atoms with van der Waals surface area (Å²) in [6.07, 6.45) is 0.786. The number of hydrogen-bond acceptors (Lipinski definition) is 3. The van der Waals surface area contributed by atoms with Crippen LogP contribution in [0.5, 0.6) is 0 Å². The molecule has 0 fully saturated rings. The lowest BCUT2D eigenvalue weighted by atomic mass is 9.95. The van der Waals surface area contributed by atoms with Gasteiger partial charge in [0.05, 0.1) is 0 Å². The zero-order chi connectivity index (χ0) is 11.9. The minimum atomic E-state index is -1.15. The Kier molecular flexibility index (Phi) is 2.55. The van der Waals surface area contributed by atoms with E-state index in [9.17, 15) is 9.59 Å². The largest absolute Gasteiger partial charge is 0.477 e. The summed E-state index contributed by atoms with van der Waals surface area (Å²) in [4.78, 5) is 27.3. The number of hydrogen-bond donors (Lipinski definition) is 2. The van der Waals surface area contributed by atoms with Crippen molar-refractivity contribution in [2.45, 2.75) is 19.9 Å². The Hall–Kier alpha value is -1.62. The number of carboxylic acid groups (broad SMARTS) is 1. The number of pyridine rings is 1. The van der Waals surface area contributed by atoms with Crippen molar-refractivity contribution >= 4 is 5.97 Å². The van der Waals surface area contributed by atoms with Crippen molar-refractivity contribution < 1.29 is 9.90 Å². The molecule has 1 aliphatic heterocycles. The summed E-state index contributed by atoms with van der Waals surface area (Å²) in [6.45, 7) is 3.23. The monoisotopic (exact) mass is 222 g/mol. The van der Waals surface area contributed by atoms with Crippen molar-refractivity contribution in [1.29, 1.82) is 0 Å². The van der Waals surface area contributed by atoms with E-state index in [1.807, 2.05) is 18.9 Å². The van der Waals surface area contributed by atoms with E-state index in [0.717, 1.165) is 24.2 Å². The molecule has 0 saturated heterocycles. The van der Waals surface area contributed by atoms with Crippen LogP contribution in [-0.2, 0) is 13.0 Å². The van der Waals surface area contributed by atoms with Crippen molar-refractivity contribution in [3.63, 3.8) is 0 Å². The van der Waals surface area contributed by atoms with E-state index in [-0.39, 0.29) is 5.56 Å². The number of carboxylic acids is 1. The molecule has 2 rings (SSSR count). The van der Waals surface area contributed by atoms with Crippen LogP contribution in [0.25, 0.3) is 0 Å². The Balaban J connectivity index is 2.71. The number of aromatic carboxylic acids is 1. The molecule has 16 heavy (non-hydrogen) atoms. The Morgan fingerprint density at radius 1 is 1.44 bits per heavy atom. The summed E-state index contributed by atoms with van der Waals surface area (Å²) in [5, 5.41) is 9.06. The van der Waals surface area contributed by atoms with Gasteiger partial charge in [-0.15, -0.1) is 0 Å². The van der Waals surface area contributed by atoms with Crippen molar-refractivity contribution in [1.82, 2.24) is 9.88 Å². The number of nitrogens with one attached hydrogen (secondary N) is 1. The number of H-pyrrole nitrogens is 1. The highest BCUT2D eigenvalue weighted by Gasteiger charge is 2.24. The summed E-state index contributed by atoms with van der Waals surface area (Å²) < 4.78 is 0. The molecule has 0 radical (unpaired) electrons.